The second kappa shape index (κ2) is 8.41. The van der Waals surface area contributed by atoms with Crippen LogP contribution in [0.4, 0.5) is 5.69 Å². The number of rotatable bonds is 7. The third-order valence-electron chi connectivity index (χ3n) is 3.87. The summed E-state index contributed by atoms with van der Waals surface area (Å²) in [4.78, 5) is 25.3. The average molecular weight is 324 g/mol. The van der Waals surface area contributed by atoms with Crippen LogP contribution in [0.5, 0.6) is 0 Å². The van der Waals surface area contributed by atoms with Gasteiger partial charge in [-0.1, -0.05) is 31.2 Å². The second-order valence-electron chi connectivity index (χ2n) is 6.02. The first-order valence-electron chi connectivity index (χ1n) is 8.15. The van der Waals surface area contributed by atoms with Crippen LogP contribution in [0.1, 0.15) is 35.3 Å². The molecular weight excluding hydrogens is 300 g/mol. The third-order valence-corrected chi connectivity index (χ3v) is 3.87. The Morgan fingerprint density at radius 1 is 0.958 bits per heavy atom. The van der Waals surface area contributed by atoms with E-state index in [9.17, 15) is 9.59 Å². The normalized spacial score (nSPS) is 10.7. The number of Topliss-reactive ketones (excluding diaryl/α,β-unsaturated/α-hetero) is 1. The highest BCUT2D eigenvalue weighted by atomic mass is 16.2. The van der Waals surface area contributed by atoms with Gasteiger partial charge in [-0.25, -0.2) is 0 Å². The molecule has 0 atom stereocenters. The Morgan fingerprint density at radius 3 is 2.08 bits per heavy atom. The molecule has 4 heteroatoms. The van der Waals surface area contributed by atoms with Gasteiger partial charge in [-0.3, -0.25) is 14.5 Å². The summed E-state index contributed by atoms with van der Waals surface area (Å²) in [7, 11) is 1.92. The number of nitrogens with one attached hydrogen (secondary N) is 1. The SMILES string of the molecule is CCc1ccc(CN(C)CC(=O)Nc2ccc(C(C)=O)cc2)cc1. The maximum Gasteiger partial charge on any atom is 0.238 e. The molecule has 1 amide bonds. The van der Waals surface area contributed by atoms with E-state index in [1.54, 1.807) is 24.3 Å². The van der Waals surface area contributed by atoms with Crippen molar-refractivity contribution in [3.05, 3.63) is 65.2 Å². The largest absolute Gasteiger partial charge is 0.325 e. The van der Waals surface area contributed by atoms with Gasteiger partial charge in [-0.2, -0.15) is 0 Å². The molecule has 0 radical (unpaired) electrons. The van der Waals surface area contributed by atoms with E-state index in [0.717, 1.165) is 13.0 Å². The minimum absolute atomic E-state index is 0.0155. The molecule has 0 aliphatic heterocycles. The lowest BCUT2D eigenvalue weighted by atomic mass is 10.1. The summed E-state index contributed by atoms with van der Waals surface area (Å²) < 4.78 is 0. The van der Waals surface area contributed by atoms with Gasteiger partial charge in [0.25, 0.3) is 0 Å². The lowest BCUT2D eigenvalue weighted by Crippen LogP contribution is -2.29. The Balaban J connectivity index is 1.85. The standard InChI is InChI=1S/C20H24N2O2/c1-4-16-5-7-17(8-6-16)13-22(3)14-20(24)21-19-11-9-18(10-12-19)15(2)23/h5-12H,4,13-14H2,1-3H3,(H,21,24). The number of nitrogens with zero attached hydrogens (tertiary/aromatic N) is 1. The first-order chi connectivity index (χ1) is 11.5. The zero-order valence-electron chi connectivity index (χ0n) is 14.5. The van der Waals surface area contributed by atoms with Gasteiger partial charge in [0.05, 0.1) is 6.54 Å². The van der Waals surface area contributed by atoms with Gasteiger partial charge in [-0.15, -0.1) is 0 Å². The summed E-state index contributed by atoms with van der Waals surface area (Å²) in [6, 6.07) is 15.4. The van der Waals surface area contributed by atoms with Crippen LogP contribution in [-0.4, -0.2) is 30.2 Å². The quantitative estimate of drug-likeness (QED) is 0.793. The molecule has 0 bridgehead atoms. The van der Waals surface area contributed by atoms with E-state index in [4.69, 9.17) is 0 Å². The minimum atomic E-state index is -0.0711. The number of anilines is 1. The summed E-state index contributed by atoms with van der Waals surface area (Å²) in [5.41, 5.74) is 3.84. The van der Waals surface area contributed by atoms with Gasteiger partial charge in [0.1, 0.15) is 0 Å². The summed E-state index contributed by atoms with van der Waals surface area (Å²) in [5.74, 6) is -0.0556. The van der Waals surface area contributed by atoms with Crippen LogP contribution in [0.2, 0.25) is 0 Å². The molecular formula is C20H24N2O2. The predicted molar refractivity (Wildman–Crippen MR) is 97.2 cm³/mol. The second-order valence-corrected chi connectivity index (χ2v) is 6.02. The van der Waals surface area contributed by atoms with Crippen molar-refractivity contribution in [2.24, 2.45) is 0 Å². The highest BCUT2D eigenvalue weighted by Gasteiger charge is 2.08. The minimum Gasteiger partial charge on any atom is -0.325 e. The van der Waals surface area contributed by atoms with Gasteiger partial charge >= 0.3 is 0 Å². The van der Waals surface area contributed by atoms with Gasteiger partial charge < -0.3 is 5.32 Å². The zero-order valence-corrected chi connectivity index (χ0v) is 14.5. The van der Waals surface area contributed by atoms with Crippen LogP contribution in [-0.2, 0) is 17.8 Å². The van der Waals surface area contributed by atoms with Gasteiger partial charge in [0.15, 0.2) is 5.78 Å². The van der Waals surface area contributed by atoms with E-state index < -0.39 is 0 Å². The lowest BCUT2D eigenvalue weighted by Gasteiger charge is -2.16. The molecule has 0 fully saturated rings. The molecule has 2 rings (SSSR count). The number of ketones is 1. The molecule has 0 spiro atoms. The van der Waals surface area contributed by atoms with E-state index in [0.29, 0.717) is 17.8 Å². The first kappa shape index (κ1) is 17.9. The zero-order chi connectivity index (χ0) is 17.5. The maximum atomic E-state index is 12.1. The summed E-state index contributed by atoms with van der Waals surface area (Å²) in [6.45, 7) is 4.69. The molecule has 0 saturated carbocycles. The topological polar surface area (TPSA) is 49.4 Å². The number of carbonyl (C=O) groups is 2. The van der Waals surface area contributed by atoms with Crippen molar-refractivity contribution in [3.63, 3.8) is 0 Å². The first-order valence-corrected chi connectivity index (χ1v) is 8.15. The van der Waals surface area contributed by atoms with E-state index in [-0.39, 0.29) is 11.7 Å². The number of hydrogen-bond donors (Lipinski definition) is 1. The number of carbonyl (C=O) groups excluding carboxylic acids is 2. The lowest BCUT2D eigenvalue weighted by molar-refractivity contribution is -0.117. The molecule has 0 aromatic heterocycles. The fourth-order valence-corrected chi connectivity index (χ4v) is 2.48. The molecule has 0 saturated heterocycles. The van der Waals surface area contributed by atoms with Gasteiger partial charge in [0, 0.05) is 17.8 Å². The number of likely N-dealkylation sites (N-methyl/N-ethyl adjacent to an activating group) is 1. The number of amides is 1. The number of hydrogen-bond acceptors (Lipinski definition) is 3. The third kappa shape index (κ3) is 5.32. The number of aryl methyl sites for hydroxylation is 1. The Morgan fingerprint density at radius 2 is 1.54 bits per heavy atom. The Labute approximate surface area is 143 Å². The van der Waals surface area contributed by atoms with Gasteiger partial charge in [-0.05, 0) is 55.8 Å². The van der Waals surface area contributed by atoms with Crippen LogP contribution >= 0.6 is 0 Å². The van der Waals surface area contributed by atoms with Crippen molar-refractivity contribution in [2.45, 2.75) is 26.8 Å². The van der Waals surface area contributed by atoms with Crippen molar-refractivity contribution >= 4 is 17.4 Å². The van der Waals surface area contributed by atoms with E-state index in [1.165, 1.54) is 18.1 Å². The highest BCUT2D eigenvalue weighted by Crippen LogP contribution is 2.11. The number of benzene rings is 2. The van der Waals surface area contributed by atoms with Crippen molar-refractivity contribution < 1.29 is 9.59 Å². The molecule has 0 unspecified atom stereocenters. The molecule has 0 aliphatic carbocycles. The molecule has 2 aromatic rings. The molecule has 0 heterocycles. The van der Waals surface area contributed by atoms with Crippen LogP contribution in [0.15, 0.2) is 48.5 Å². The molecule has 2 aromatic carbocycles. The highest BCUT2D eigenvalue weighted by molar-refractivity contribution is 5.96. The Kier molecular flexibility index (Phi) is 6.27. The van der Waals surface area contributed by atoms with Crippen molar-refractivity contribution in [2.75, 3.05) is 18.9 Å². The molecule has 1 N–H and O–H groups in total. The summed E-state index contributed by atoms with van der Waals surface area (Å²) >= 11 is 0. The predicted octanol–water partition coefficient (Wildman–Crippen LogP) is 3.52. The smallest absolute Gasteiger partial charge is 0.238 e. The molecule has 24 heavy (non-hydrogen) atoms. The van der Waals surface area contributed by atoms with Crippen molar-refractivity contribution in [1.29, 1.82) is 0 Å². The molecule has 4 nitrogen and oxygen atoms in total. The van der Waals surface area contributed by atoms with E-state index >= 15 is 0 Å². The van der Waals surface area contributed by atoms with E-state index in [1.807, 2.05) is 11.9 Å². The van der Waals surface area contributed by atoms with Gasteiger partial charge in [0.2, 0.25) is 5.91 Å². The molecule has 126 valence electrons. The van der Waals surface area contributed by atoms with Crippen LogP contribution in [0, 0.1) is 0 Å². The molecule has 0 aliphatic rings. The average Bonchev–Trinajstić information content (AvgIpc) is 2.55. The fourth-order valence-electron chi connectivity index (χ4n) is 2.48. The summed E-state index contributed by atoms with van der Waals surface area (Å²) in [5, 5.41) is 2.85. The van der Waals surface area contributed by atoms with E-state index in [2.05, 4.69) is 36.5 Å². The van der Waals surface area contributed by atoms with Crippen LogP contribution in [0.25, 0.3) is 0 Å². The summed E-state index contributed by atoms with van der Waals surface area (Å²) in [6.07, 6.45) is 1.03. The van der Waals surface area contributed by atoms with Crippen molar-refractivity contribution in [1.82, 2.24) is 4.90 Å². The fraction of sp³-hybridized carbons (Fsp3) is 0.300. The Hall–Kier alpha value is -2.46. The van der Waals surface area contributed by atoms with Crippen LogP contribution in [0.3, 0.4) is 0 Å². The van der Waals surface area contributed by atoms with Crippen molar-refractivity contribution in [3.8, 4) is 0 Å². The Bertz CT molecular complexity index is 691. The maximum absolute atomic E-state index is 12.1. The monoisotopic (exact) mass is 324 g/mol. The van der Waals surface area contributed by atoms with Crippen LogP contribution < -0.4 is 5.32 Å².